The van der Waals surface area contributed by atoms with E-state index in [1.165, 1.54) is 31.0 Å². The van der Waals surface area contributed by atoms with Gasteiger partial charge in [0.05, 0.1) is 27.8 Å². The Bertz CT molecular complexity index is 812. The molecule has 2 rings (SSSR count). The summed E-state index contributed by atoms with van der Waals surface area (Å²) in [6, 6.07) is 2.26. The number of esters is 1. The molecule has 1 aromatic rings. The summed E-state index contributed by atoms with van der Waals surface area (Å²) in [6.45, 7) is 1.41. The van der Waals surface area contributed by atoms with E-state index in [9.17, 15) is 18.0 Å². The molecule has 1 heterocycles. The lowest BCUT2D eigenvalue weighted by Crippen LogP contribution is -2.44. The van der Waals surface area contributed by atoms with Crippen molar-refractivity contribution in [2.45, 2.75) is 25.5 Å². The van der Waals surface area contributed by atoms with Gasteiger partial charge in [0.1, 0.15) is 0 Å². The Morgan fingerprint density at radius 3 is 2.56 bits per heavy atom. The monoisotopic (exact) mass is 408 g/mol. The summed E-state index contributed by atoms with van der Waals surface area (Å²) in [6.07, 6.45) is -0.750. The zero-order valence-electron chi connectivity index (χ0n) is 13.7. The minimum Gasteiger partial charge on any atom is -0.449 e. The molecule has 1 aliphatic heterocycles. The Morgan fingerprint density at radius 1 is 1.36 bits per heavy atom. The average molecular weight is 409 g/mol. The number of hydrogen-bond donors (Lipinski definition) is 1. The molecule has 0 radical (unpaired) electrons. The first kappa shape index (κ1) is 19.8. The molecule has 1 saturated heterocycles. The highest BCUT2D eigenvalue weighted by molar-refractivity contribution is 7.91. The van der Waals surface area contributed by atoms with Crippen LogP contribution >= 0.6 is 23.2 Å². The van der Waals surface area contributed by atoms with Gasteiger partial charge in [-0.1, -0.05) is 23.2 Å². The number of likely N-dealkylation sites (N-methyl/N-ethyl adjacent to an activating group) is 1. The van der Waals surface area contributed by atoms with Crippen molar-refractivity contribution in [2.75, 3.05) is 24.3 Å². The minimum absolute atomic E-state index is 0.00552. The van der Waals surface area contributed by atoms with Crippen LogP contribution in [0, 0.1) is 0 Å². The van der Waals surface area contributed by atoms with E-state index in [4.69, 9.17) is 33.7 Å². The molecule has 7 nitrogen and oxygen atoms in total. The Hall–Kier alpha value is -1.51. The van der Waals surface area contributed by atoms with Gasteiger partial charge in [0.25, 0.3) is 5.91 Å². The Kier molecular flexibility index (Phi) is 5.86. The number of hydrogen-bond acceptors (Lipinski definition) is 6. The quantitative estimate of drug-likeness (QED) is 0.600. The van der Waals surface area contributed by atoms with E-state index >= 15 is 0 Å². The molecule has 10 heteroatoms. The fourth-order valence-corrected chi connectivity index (χ4v) is 4.84. The van der Waals surface area contributed by atoms with Crippen molar-refractivity contribution in [3.05, 3.63) is 27.7 Å². The molecule has 0 spiro atoms. The summed E-state index contributed by atoms with van der Waals surface area (Å²) in [5, 5.41) is 0.310. The van der Waals surface area contributed by atoms with Crippen LogP contribution in [-0.2, 0) is 19.4 Å². The van der Waals surface area contributed by atoms with Gasteiger partial charge in [0, 0.05) is 18.1 Å². The first-order valence-electron chi connectivity index (χ1n) is 7.44. The summed E-state index contributed by atoms with van der Waals surface area (Å²) >= 11 is 11.7. The molecule has 0 unspecified atom stereocenters. The molecule has 0 bridgehead atoms. The Balaban J connectivity index is 2.07. The molecule has 138 valence electrons. The van der Waals surface area contributed by atoms with E-state index in [1.54, 1.807) is 0 Å². The second-order valence-corrected chi connectivity index (χ2v) is 8.97. The number of rotatable bonds is 4. The average Bonchev–Trinajstić information content (AvgIpc) is 2.89. The SMILES string of the molecule is C[C@H](OC(=O)c1cc(Cl)cc(Cl)c1N)C(=O)N(C)[C@H]1CCS(=O)(=O)C1. The zero-order chi connectivity index (χ0) is 18.9. The number of amides is 1. The molecule has 1 aromatic carbocycles. The van der Waals surface area contributed by atoms with Crippen molar-refractivity contribution in [1.29, 1.82) is 0 Å². The second kappa shape index (κ2) is 7.39. The predicted molar refractivity (Wildman–Crippen MR) is 95.6 cm³/mol. The maximum Gasteiger partial charge on any atom is 0.341 e. The summed E-state index contributed by atoms with van der Waals surface area (Å²) in [7, 11) is -1.64. The maximum atomic E-state index is 12.4. The fourth-order valence-electron chi connectivity index (χ4n) is 2.58. The van der Waals surface area contributed by atoms with E-state index in [0.29, 0.717) is 6.42 Å². The molecule has 0 aliphatic carbocycles. The van der Waals surface area contributed by atoms with Gasteiger partial charge >= 0.3 is 5.97 Å². The number of nitrogen functional groups attached to an aromatic ring is 1. The van der Waals surface area contributed by atoms with Gasteiger partial charge in [-0.2, -0.15) is 0 Å². The van der Waals surface area contributed by atoms with Crippen molar-refractivity contribution < 1.29 is 22.7 Å². The van der Waals surface area contributed by atoms with E-state index in [2.05, 4.69) is 0 Å². The number of sulfone groups is 1. The molecular weight excluding hydrogens is 391 g/mol. The van der Waals surface area contributed by atoms with Crippen LogP contribution in [-0.4, -0.2) is 55.9 Å². The van der Waals surface area contributed by atoms with Gasteiger partial charge in [-0.15, -0.1) is 0 Å². The molecule has 0 aromatic heterocycles. The van der Waals surface area contributed by atoms with Gasteiger partial charge in [-0.05, 0) is 25.5 Å². The Labute approximate surface area is 155 Å². The second-order valence-electron chi connectivity index (χ2n) is 5.90. The minimum atomic E-state index is -3.13. The summed E-state index contributed by atoms with van der Waals surface area (Å²) in [4.78, 5) is 25.9. The number of carbonyl (C=O) groups excluding carboxylic acids is 2. The number of ether oxygens (including phenoxy) is 1. The zero-order valence-corrected chi connectivity index (χ0v) is 16.0. The van der Waals surface area contributed by atoms with Gasteiger partial charge in [0.2, 0.25) is 0 Å². The first-order valence-corrected chi connectivity index (χ1v) is 10.0. The molecule has 2 atom stereocenters. The molecule has 1 amide bonds. The largest absolute Gasteiger partial charge is 0.449 e. The fraction of sp³-hybridized carbons (Fsp3) is 0.467. The van der Waals surface area contributed by atoms with Crippen LogP contribution in [0.1, 0.15) is 23.7 Å². The van der Waals surface area contributed by atoms with Crippen LogP contribution in [0.4, 0.5) is 5.69 Å². The van der Waals surface area contributed by atoms with E-state index < -0.39 is 33.9 Å². The van der Waals surface area contributed by atoms with Crippen molar-refractivity contribution in [2.24, 2.45) is 0 Å². The number of benzene rings is 1. The lowest BCUT2D eigenvalue weighted by Gasteiger charge is -2.26. The summed E-state index contributed by atoms with van der Waals surface area (Å²) in [5.74, 6) is -1.38. The number of halogens is 2. The molecular formula is C15H18Cl2N2O5S. The van der Waals surface area contributed by atoms with Crippen LogP contribution in [0.2, 0.25) is 10.0 Å². The smallest absolute Gasteiger partial charge is 0.341 e. The van der Waals surface area contributed by atoms with Gasteiger partial charge in [-0.3, -0.25) is 4.79 Å². The third kappa shape index (κ3) is 4.56. The summed E-state index contributed by atoms with van der Waals surface area (Å²) < 4.78 is 28.2. The molecule has 1 aliphatic rings. The van der Waals surface area contributed by atoms with Crippen molar-refractivity contribution in [1.82, 2.24) is 4.90 Å². The number of nitrogens with zero attached hydrogens (tertiary/aromatic N) is 1. The van der Waals surface area contributed by atoms with E-state index in [1.807, 2.05) is 0 Å². The highest BCUT2D eigenvalue weighted by Crippen LogP contribution is 2.28. The van der Waals surface area contributed by atoms with E-state index in [-0.39, 0.29) is 32.8 Å². The van der Waals surface area contributed by atoms with Crippen LogP contribution < -0.4 is 5.73 Å². The summed E-state index contributed by atoms with van der Waals surface area (Å²) in [5.41, 5.74) is 5.71. The molecule has 0 saturated carbocycles. The lowest BCUT2D eigenvalue weighted by molar-refractivity contribution is -0.140. The lowest BCUT2D eigenvalue weighted by atomic mass is 10.2. The van der Waals surface area contributed by atoms with Crippen molar-refractivity contribution in [3.63, 3.8) is 0 Å². The third-order valence-corrected chi connectivity index (χ3v) is 6.33. The molecule has 2 N–H and O–H groups in total. The van der Waals surface area contributed by atoms with Crippen LogP contribution in [0.25, 0.3) is 0 Å². The standard InChI is InChI=1S/C15H18Cl2N2O5S/c1-8(14(20)19(2)10-3-4-25(22,23)7-10)24-15(21)11-5-9(16)6-12(17)13(11)18/h5-6,8,10H,3-4,7,18H2,1-2H3/t8-,10-/m0/s1. The van der Waals surface area contributed by atoms with Gasteiger partial charge in [-0.25, -0.2) is 13.2 Å². The molecule has 1 fully saturated rings. The highest BCUT2D eigenvalue weighted by atomic mass is 35.5. The van der Waals surface area contributed by atoms with Crippen LogP contribution in [0.15, 0.2) is 12.1 Å². The number of anilines is 1. The highest BCUT2D eigenvalue weighted by Gasteiger charge is 2.35. The Morgan fingerprint density at radius 2 is 2.00 bits per heavy atom. The predicted octanol–water partition coefficient (Wildman–Crippen LogP) is 1.77. The first-order chi connectivity index (χ1) is 11.5. The van der Waals surface area contributed by atoms with Crippen LogP contribution in [0.5, 0.6) is 0 Å². The van der Waals surface area contributed by atoms with Gasteiger partial charge in [0.15, 0.2) is 15.9 Å². The maximum absolute atomic E-state index is 12.4. The number of nitrogens with two attached hydrogens (primary N) is 1. The van der Waals surface area contributed by atoms with E-state index in [0.717, 1.165) is 0 Å². The number of carbonyl (C=O) groups is 2. The topological polar surface area (TPSA) is 107 Å². The molecule has 25 heavy (non-hydrogen) atoms. The third-order valence-electron chi connectivity index (χ3n) is 4.05. The van der Waals surface area contributed by atoms with Gasteiger partial charge < -0.3 is 15.4 Å². The normalized spacial score (nSPS) is 20.1. The van der Waals surface area contributed by atoms with Crippen molar-refractivity contribution in [3.8, 4) is 0 Å². The van der Waals surface area contributed by atoms with Crippen LogP contribution in [0.3, 0.4) is 0 Å². The van der Waals surface area contributed by atoms with Crippen molar-refractivity contribution >= 4 is 50.6 Å².